The molecule has 0 saturated heterocycles. The van der Waals surface area contributed by atoms with E-state index >= 15 is 0 Å². The second-order valence-corrected chi connectivity index (χ2v) is 6.15. The second-order valence-electron chi connectivity index (χ2n) is 6.15. The van der Waals surface area contributed by atoms with E-state index < -0.39 is 0 Å². The molecule has 1 amide bonds. The molecule has 24 heavy (non-hydrogen) atoms. The average Bonchev–Trinajstić information content (AvgIpc) is 2.61. The summed E-state index contributed by atoms with van der Waals surface area (Å²) in [5.41, 5.74) is 4.53. The van der Waals surface area contributed by atoms with Crippen LogP contribution in [0.3, 0.4) is 0 Å². The topological polar surface area (TPSA) is 42.0 Å². The van der Waals surface area contributed by atoms with Crippen molar-refractivity contribution in [3.63, 3.8) is 0 Å². The van der Waals surface area contributed by atoms with E-state index in [1.54, 1.807) is 6.07 Å². The normalized spacial score (nSPS) is 10.8. The number of unbranched alkanes of at least 4 members (excludes halogenated alkanes) is 1. The van der Waals surface area contributed by atoms with Crippen molar-refractivity contribution < 1.29 is 4.79 Å². The highest BCUT2D eigenvalue weighted by molar-refractivity contribution is 6.04. The van der Waals surface area contributed by atoms with Crippen LogP contribution in [0, 0.1) is 6.92 Å². The molecule has 0 unspecified atom stereocenters. The van der Waals surface area contributed by atoms with Gasteiger partial charge in [0.2, 0.25) is 0 Å². The molecule has 0 fully saturated rings. The molecule has 1 N–H and O–H groups in total. The van der Waals surface area contributed by atoms with E-state index in [0.29, 0.717) is 5.69 Å². The van der Waals surface area contributed by atoms with Crippen LogP contribution >= 0.6 is 0 Å². The minimum atomic E-state index is -0.181. The van der Waals surface area contributed by atoms with Gasteiger partial charge < -0.3 is 5.32 Å². The number of benzene rings is 2. The monoisotopic (exact) mass is 318 g/mol. The van der Waals surface area contributed by atoms with Crippen LogP contribution in [-0.2, 0) is 6.42 Å². The van der Waals surface area contributed by atoms with Crippen molar-refractivity contribution in [2.45, 2.75) is 33.1 Å². The molecular weight excluding hydrogens is 296 g/mol. The number of nitrogens with one attached hydrogen (secondary N) is 1. The lowest BCUT2D eigenvalue weighted by Gasteiger charge is -2.07. The van der Waals surface area contributed by atoms with Crippen molar-refractivity contribution in [1.29, 1.82) is 0 Å². The van der Waals surface area contributed by atoms with Crippen molar-refractivity contribution in [2.75, 3.05) is 5.32 Å². The fourth-order valence-corrected chi connectivity index (χ4v) is 2.66. The molecule has 0 aliphatic rings. The van der Waals surface area contributed by atoms with Crippen molar-refractivity contribution in [3.05, 3.63) is 71.4 Å². The van der Waals surface area contributed by atoms with Crippen LogP contribution in [0.5, 0.6) is 0 Å². The molecular formula is C21H22N2O. The number of hydrogen-bond donors (Lipinski definition) is 1. The molecule has 0 atom stereocenters. The SMILES string of the molecule is CCCCc1ccc2ccc(C(=O)Nc3ccc(C)cc3)nc2c1. The fourth-order valence-electron chi connectivity index (χ4n) is 2.66. The van der Waals surface area contributed by atoms with Crippen molar-refractivity contribution in [2.24, 2.45) is 0 Å². The quantitative estimate of drug-likeness (QED) is 0.708. The Morgan fingerprint density at radius 2 is 1.79 bits per heavy atom. The number of aromatic nitrogens is 1. The van der Waals surface area contributed by atoms with Crippen LogP contribution in [0.4, 0.5) is 5.69 Å². The number of pyridine rings is 1. The number of hydrogen-bond acceptors (Lipinski definition) is 2. The maximum atomic E-state index is 12.4. The summed E-state index contributed by atoms with van der Waals surface area (Å²) in [7, 11) is 0. The Bertz CT molecular complexity index is 853. The van der Waals surface area contributed by atoms with Gasteiger partial charge in [-0.3, -0.25) is 4.79 Å². The first-order valence-electron chi connectivity index (χ1n) is 8.43. The maximum Gasteiger partial charge on any atom is 0.274 e. The highest BCUT2D eigenvalue weighted by Crippen LogP contribution is 2.17. The smallest absolute Gasteiger partial charge is 0.274 e. The van der Waals surface area contributed by atoms with E-state index in [-0.39, 0.29) is 5.91 Å². The Labute approximate surface area is 142 Å². The first kappa shape index (κ1) is 16.2. The first-order valence-corrected chi connectivity index (χ1v) is 8.43. The number of fused-ring (bicyclic) bond motifs is 1. The molecule has 122 valence electrons. The molecule has 3 nitrogen and oxygen atoms in total. The molecule has 0 aliphatic heterocycles. The third-order valence-corrected chi connectivity index (χ3v) is 4.12. The molecule has 0 spiro atoms. The number of carbonyl (C=O) groups excluding carboxylic acids is 1. The molecule has 0 radical (unpaired) electrons. The van der Waals surface area contributed by atoms with E-state index in [1.807, 2.05) is 37.3 Å². The minimum Gasteiger partial charge on any atom is -0.321 e. The fraction of sp³-hybridized carbons (Fsp3) is 0.238. The van der Waals surface area contributed by atoms with E-state index in [9.17, 15) is 4.79 Å². The molecule has 0 bridgehead atoms. The zero-order valence-electron chi connectivity index (χ0n) is 14.2. The number of nitrogens with zero attached hydrogens (tertiary/aromatic N) is 1. The van der Waals surface area contributed by atoms with Gasteiger partial charge in [0.05, 0.1) is 5.52 Å². The molecule has 3 heteroatoms. The number of carbonyl (C=O) groups is 1. The molecule has 0 saturated carbocycles. The van der Waals surface area contributed by atoms with Crippen molar-refractivity contribution in [1.82, 2.24) is 4.98 Å². The largest absolute Gasteiger partial charge is 0.321 e. The third-order valence-electron chi connectivity index (χ3n) is 4.12. The van der Waals surface area contributed by atoms with Crippen molar-refractivity contribution >= 4 is 22.5 Å². The second kappa shape index (κ2) is 7.26. The molecule has 1 aromatic heterocycles. The minimum absolute atomic E-state index is 0.181. The lowest BCUT2D eigenvalue weighted by molar-refractivity contribution is 0.102. The highest BCUT2D eigenvalue weighted by Gasteiger charge is 2.09. The van der Waals surface area contributed by atoms with Crippen LogP contribution in [0.15, 0.2) is 54.6 Å². The Morgan fingerprint density at radius 1 is 1.04 bits per heavy atom. The van der Waals surface area contributed by atoms with Gasteiger partial charge in [0, 0.05) is 11.1 Å². The molecule has 3 rings (SSSR count). The predicted molar refractivity (Wildman–Crippen MR) is 99.5 cm³/mol. The highest BCUT2D eigenvalue weighted by atomic mass is 16.1. The van der Waals surface area contributed by atoms with E-state index in [2.05, 4.69) is 35.4 Å². The van der Waals surface area contributed by atoms with Crippen molar-refractivity contribution in [3.8, 4) is 0 Å². The van der Waals surface area contributed by atoms with Crippen LogP contribution in [-0.4, -0.2) is 10.9 Å². The molecule has 2 aromatic carbocycles. The first-order chi connectivity index (χ1) is 11.7. The summed E-state index contributed by atoms with van der Waals surface area (Å²) in [5.74, 6) is -0.181. The van der Waals surface area contributed by atoms with Gasteiger partial charge in [-0.1, -0.05) is 49.2 Å². The van der Waals surface area contributed by atoms with Gasteiger partial charge in [0.15, 0.2) is 0 Å². The summed E-state index contributed by atoms with van der Waals surface area (Å²) in [6.45, 7) is 4.21. The van der Waals surface area contributed by atoms with Crippen LogP contribution < -0.4 is 5.32 Å². The number of aryl methyl sites for hydroxylation is 2. The average molecular weight is 318 g/mol. The van der Waals surface area contributed by atoms with Gasteiger partial charge in [-0.25, -0.2) is 4.98 Å². The Balaban J connectivity index is 1.82. The summed E-state index contributed by atoms with van der Waals surface area (Å²) in [6.07, 6.45) is 3.39. The summed E-state index contributed by atoms with van der Waals surface area (Å²) in [5, 5.41) is 3.96. The number of rotatable bonds is 5. The number of anilines is 1. The molecule has 3 aromatic rings. The zero-order chi connectivity index (χ0) is 16.9. The zero-order valence-corrected chi connectivity index (χ0v) is 14.2. The third kappa shape index (κ3) is 3.80. The lowest BCUT2D eigenvalue weighted by atomic mass is 10.1. The summed E-state index contributed by atoms with van der Waals surface area (Å²) >= 11 is 0. The van der Waals surface area contributed by atoms with Gasteiger partial charge in [-0.05, 0) is 49.6 Å². The van der Waals surface area contributed by atoms with Crippen LogP contribution in [0.2, 0.25) is 0 Å². The summed E-state index contributed by atoms with van der Waals surface area (Å²) in [4.78, 5) is 17.0. The van der Waals surface area contributed by atoms with Crippen LogP contribution in [0.1, 0.15) is 41.4 Å². The van der Waals surface area contributed by atoms with Gasteiger partial charge >= 0.3 is 0 Å². The van der Waals surface area contributed by atoms with Gasteiger partial charge in [0.1, 0.15) is 5.69 Å². The standard InChI is InChI=1S/C21H22N2O/c1-3-4-5-16-8-9-17-10-13-19(23-20(17)14-16)21(24)22-18-11-6-15(2)7-12-18/h6-14H,3-5H2,1-2H3,(H,22,24). The predicted octanol–water partition coefficient (Wildman–Crippen LogP) is 5.14. The summed E-state index contributed by atoms with van der Waals surface area (Å²) < 4.78 is 0. The molecule has 1 heterocycles. The summed E-state index contributed by atoms with van der Waals surface area (Å²) in [6, 6.07) is 17.8. The maximum absolute atomic E-state index is 12.4. The molecule has 0 aliphatic carbocycles. The Morgan fingerprint density at radius 3 is 2.54 bits per heavy atom. The van der Waals surface area contributed by atoms with E-state index in [1.165, 1.54) is 18.4 Å². The Kier molecular flexibility index (Phi) is 4.90. The number of amides is 1. The van der Waals surface area contributed by atoms with Crippen LogP contribution in [0.25, 0.3) is 10.9 Å². The lowest BCUT2D eigenvalue weighted by Crippen LogP contribution is -2.13. The van der Waals surface area contributed by atoms with Gasteiger partial charge in [-0.15, -0.1) is 0 Å². The van der Waals surface area contributed by atoms with Gasteiger partial charge in [-0.2, -0.15) is 0 Å². The van der Waals surface area contributed by atoms with Gasteiger partial charge in [0.25, 0.3) is 5.91 Å². The van der Waals surface area contributed by atoms with E-state index in [0.717, 1.165) is 28.6 Å². The van der Waals surface area contributed by atoms with E-state index in [4.69, 9.17) is 0 Å². The Hall–Kier alpha value is -2.68.